The quantitative estimate of drug-likeness (QED) is 0.947. The monoisotopic (exact) mass is 307 g/mol. The highest BCUT2D eigenvalue weighted by Gasteiger charge is 2.11. The van der Waals surface area contributed by atoms with Crippen LogP contribution in [0, 0.1) is 0 Å². The van der Waals surface area contributed by atoms with Crippen molar-refractivity contribution in [2.45, 2.75) is 13.3 Å². The lowest BCUT2D eigenvalue weighted by Gasteiger charge is -2.09. The topological polar surface area (TPSA) is 46.9 Å². The first-order valence-electron chi connectivity index (χ1n) is 5.69. The fourth-order valence-corrected chi connectivity index (χ4v) is 2.11. The number of benzene rings is 1. The average molecular weight is 308 g/mol. The Labute approximate surface area is 114 Å². The molecule has 1 amide bonds. The van der Waals surface area contributed by atoms with Crippen LogP contribution >= 0.6 is 15.9 Å². The van der Waals surface area contributed by atoms with Gasteiger partial charge in [-0.1, -0.05) is 22.9 Å². The van der Waals surface area contributed by atoms with E-state index in [4.69, 9.17) is 0 Å². The zero-order valence-electron chi connectivity index (χ0n) is 10.3. The molecule has 2 rings (SSSR count). The predicted octanol–water partition coefficient (Wildman–Crippen LogP) is 3.00. The summed E-state index contributed by atoms with van der Waals surface area (Å²) in [5.41, 5.74) is 2.34. The van der Waals surface area contributed by atoms with Gasteiger partial charge in [-0.15, -0.1) is 0 Å². The normalized spacial score (nSPS) is 10.4. The second-order valence-electron chi connectivity index (χ2n) is 3.98. The van der Waals surface area contributed by atoms with E-state index < -0.39 is 0 Å². The number of hydrogen-bond donors (Lipinski definition) is 1. The average Bonchev–Trinajstić information content (AvgIpc) is 2.78. The van der Waals surface area contributed by atoms with E-state index in [1.807, 2.05) is 18.2 Å². The number of anilines is 1. The Morgan fingerprint density at radius 2 is 2.22 bits per heavy atom. The first-order valence-corrected chi connectivity index (χ1v) is 6.49. The van der Waals surface area contributed by atoms with E-state index in [-0.39, 0.29) is 5.91 Å². The van der Waals surface area contributed by atoms with Crippen LogP contribution in [-0.4, -0.2) is 15.7 Å². The summed E-state index contributed by atoms with van der Waals surface area (Å²) in [7, 11) is 1.79. The maximum Gasteiger partial charge on any atom is 0.276 e. The van der Waals surface area contributed by atoms with E-state index in [2.05, 4.69) is 33.3 Å². The molecule has 18 heavy (non-hydrogen) atoms. The Bertz CT molecular complexity index is 577. The van der Waals surface area contributed by atoms with Gasteiger partial charge in [-0.3, -0.25) is 9.48 Å². The third-order valence-corrected chi connectivity index (χ3v) is 3.14. The van der Waals surface area contributed by atoms with Gasteiger partial charge in [-0.2, -0.15) is 5.10 Å². The number of nitrogens with one attached hydrogen (secondary N) is 1. The zero-order chi connectivity index (χ0) is 13.1. The highest BCUT2D eigenvalue weighted by atomic mass is 79.9. The van der Waals surface area contributed by atoms with Gasteiger partial charge in [0, 0.05) is 23.4 Å². The number of amides is 1. The molecule has 0 bridgehead atoms. The van der Waals surface area contributed by atoms with Crippen molar-refractivity contribution in [1.82, 2.24) is 9.78 Å². The zero-order valence-corrected chi connectivity index (χ0v) is 11.9. The highest BCUT2D eigenvalue weighted by Crippen LogP contribution is 2.22. The highest BCUT2D eigenvalue weighted by molar-refractivity contribution is 9.10. The van der Waals surface area contributed by atoms with E-state index in [0.717, 1.165) is 22.1 Å². The molecule has 5 heteroatoms. The summed E-state index contributed by atoms with van der Waals surface area (Å²) >= 11 is 3.42. The summed E-state index contributed by atoms with van der Waals surface area (Å²) in [6.45, 7) is 2.05. The van der Waals surface area contributed by atoms with Gasteiger partial charge in [0.25, 0.3) is 5.91 Å². The summed E-state index contributed by atoms with van der Waals surface area (Å²) in [5.74, 6) is -0.187. The number of nitrogens with zero attached hydrogens (tertiary/aromatic N) is 2. The van der Waals surface area contributed by atoms with Crippen LogP contribution in [-0.2, 0) is 13.5 Å². The van der Waals surface area contributed by atoms with Crippen LogP contribution in [0.15, 0.2) is 34.9 Å². The molecule has 1 heterocycles. The fourth-order valence-electron chi connectivity index (χ4n) is 1.70. The Morgan fingerprint density at radius 1 is 1.44 bits per heavy atom. The number of hydrogen-bond acceptors (Lipinski definition) is 2. The molecule has 0 fully saturated rings. The number of carbonyl (C=O) groups is 1. The predicted molar refractivity (Wildman–Crippen MR) is 74.7 cm³/mol. The molecule has 2 aromatic rings. The van der Waals surface area contributed by atoms with Gasteiger partial charge in [0.1, 0.15) is 0 Å². The van der Waals surface area contributed by atoms with E-state index >= 15 is 0 Å². The van der Waals surface area contributed by atoms with Crippen molar-refractivity contribution in [3.05, 3.63) is 46.2 Å². The minimum absolute atomic E-state index is 0.187. The summed E-state index contributed by atoms with van der Waals surface area (Å²) in [6.07, 6.45) is 2.61. The second-order valence-corrected chi connectivity index (χ2v) is 4.90. The first-order chi connectivity index (χ1) is 8.60. The molecule has 0 saturated heterocycles. The van der Waals surface area contributed by atoms with Gasteiger partial charge in [-0.05, 0) is 36.2 Å². The van der Waals surface area contributed by atoms with Crippen LogP contribution in [0.4, 0.5) is 5.69 Å². The minimum atomic E-state index is -0.187. The van der Waals surface area contributed by atoms with Gasteiger partial charge in [0.15, 0.2) is 5.69 Å². The van der Waals surface area contributed by atoms with Crippen molar-refractivity contribution in [2.24, 2.45) is 7.05 Å². The van der Waals surface area contributed by atoms with Crippen molar-refractivity contribution < 1.29 is 4.79 Å². The Balaban J connectivity index is 2.21. The van der Waals surface area contributed by atoms with Gasteiger partial charge in [-0.25, -0.2) is 0 Å². The van der Waals surface area contributed by atoms with Crippen molar-refractivity contribution in [2.75, 3.05) is 5.32 Å². The van der Waals surface area contributed by atoms with Crippen molar-refractivity contribution in [1.29, 1.82) is 0 Å². The molecule has 1 aromatic carbocycles. The second kappa shape index (κ2) is 5.35. The van der Waals surface area contributed by atoms with Gasteiger partial charge in [0.05, 0.1) is 0 Å². The molecule has 0 unspecified atom stereocenters. The lowest BCUT2D eigenvalue weighted by molar-refractivity contribution is 0.102. The van der Waals surface area contributed by atoms with E-state index in [1.54, 1.807) is 24.0 Å². The lowest BCUT2D eigenvalue weighted by Crippen LogP contribution is -2.14. The third kappa shape index (κ3) is 2.79. The largest absolute Gasteiger partial charge is 0.320 e. The van der Waals surface area contributed by atoms with Crippen molar-refractivity contribution in [3.8, 4) is 0 Å². The first kappa shape index (κ1) is 12.8. The van der Waals surface area contributed by atoms with Crippen LogP contribution in [0.25, 0.3) is 0 Å². The fraction of sp³-hybridized carbons (Fsp3) is 0.231. The smallest absolute Gasteiger partial charge is 0.276 e. The van der Waals surface area contributed by atoms with Crippen LogP contribution in [0.1, 0.15) is 23.0 Å². The number of rotatable bonds is 3. The summed E-state index contributed by atoms with van der Waals surface area (Å²) in [5, 5.41) is 6.96. The third-order valence-electron chi connectivity index (χ3n) is 2.64. The maximum atomic E-state index is 12.0. The molecule has 1 N–H and O–H groups in total. The standard InChI is InChI=1S/C13H14BrN3O/c1-3-9-8-10(14)4-5-11(9)15-13(18)12-6-7-17(2)16-12/h4-8H,3H2,1-2H3,(H,15,18). The SMILES string of the molecule is CCc1cc(Br)ccc1NC(=O)c1ccn(C)n1. The Hall–Kier alpha value is -1.62. The summed E-state index contributed by atoms with van der Waals surface area (Å²) in [6, 6.07) is 7.50. The molecule has 0 atom stereocenters. The minimum Gasteiger partial charge on any atom is -0.320 e. The van der Waals surface area contributed by atoms with E-state index in [0.29, 0.717) is 5.69 Å². The molecule has 0 spiro atoms. The van der Waals surface area contributed by atoms with E-state index in [9.17, 15) is 4.79 Å². The molecule has 0 aliphatic heterocycles. The Morgan fingerprint density at radius 3 is 2.83 bits per heavy atom. The number of carbonyl (C=O) groups excluding carboxylic acids is 1. The molecule has 94 valence electrons. The van der Waals surface area contributed by atoms with Crippen LogP contribution in [0.5, 0.6) is 0 Å². The summed E-state index contributed by atoms with van der Waals surface area (Å²) in [4.78, 5) is 12.0. The molecule has 0 saturated carbocycles. The van der Waals surface area contributed by atoms with E-state index in [1.165, 1.54) is 0 Å². The molecule has 4 nitrogen and oxygen atoms in total. The van der Waals surface area contributed by atoms with Crippen molar-refractivity contribution in [3.63, 3.8) is 0 Å². The molecular weight excluding hydrogens is 294 g/mol. The van der Waals surface area contributed by atoms with Crippen LogP contribution in [0.3, 0.4) is 0 Å². The maximum absolute atomic E-state index is 12.0. The number of halogens is 1. The van der Waals surface area contributed by atoms with Crippen LogP contribution < -0.4 is 5.32 Å². The molecular formula is C13H14BrN3O. The molecule has 0 aliphatic carbocycles. The Kier molecular flexibility index (Phi) is 3.81. The molecule has 0 radical (unpaired) electrons. The molecule has 0 aliphatic rings. The summed E-state index contributed by atoms with van der Waals surface area (Å²) < 4.78 is 2.62. The van der Waals surface area contributed by atoms with Gasteiger partial charge >= 0.3 is 0 Å². The number of aromatic nitrogens is 2. The van der Waals surface area contributed by atoms with Gasteiger partial charge in [0.2, 0.25) is 0 Å². The lowest BCUT2D eigenvalue weighted by atomic mass is 10.1. The number of aryl methyl sites for hydroxylation is 2. The van der Waals surface area contributed by atoms with Crippen molar-refractivity contribution >= 4 is 27.5 Å². The molecule has 1 aromatic heterocycles. The van der Waals surface area contributed by atoms with Gasteiger partial charge < -0.3 is 5.32 Å². The van der Waals surface area contributed by atoms with Crippen LogP contribution in [0.2, 0.25) is 0 Å².